The molecule has 4 aromatic rings. The molecule has 0 saturated heterocycles. The summed E-state index contributed by atoms with van der Waals surface area (Å²) in [4.78, 5) is 23.4. The van der Waals surface area contributed by atoms with Gasteiger partial charge in [-0.25, -0.2) is 18.0 Å². The van der Waals surface area contributed by atoms with Crippen molar-refractivity contribution in [2.75, 3.05) is 20.9 Å². The Bertz CT molecular complexity index is 1460. The SMILES string of the molecule is COC(=O)c1ccc([P+](C)(c2ccccc2)c2ccc(C(=O)OC)cc2)cc1.Cc1ccc(S(=O)(=O)[O-])cc1. The van der Waals surface area contributed by atoms with Crippen LogP contribution in [0, 0.1) is 6.92 Å². The highest BCUT2D eigenvalue weighted by Gasteiger charge is 2.40. The van der Waals surface area contributed by atoms with Crippen LogP contribution in [0.1, 0.15) is 26.3 Å². The number of hydrogen-bond donors (Lipinski definition) is 0. The summed E-state index contributed by atoms with van der Waals surface area (Å²) in [6.07, 6.45) is 0. The summed E-state index contributed by atoms with van der Waals surface area (Å²) in [7, 11) is -3.47. The van der Waals surface area contributed by atoms with Crippen molar-refractivity contribution in [3.05, 3.63) is 120 Å². The maximum absolute atomic E-state index is 11.8. The largest absolute Gasteiger partial charge is 0.744 e. The molecular weight excluding hydrogens is 535 g/mol. The predicted octanol–water partition coefficient (Wildman–Crippen LogP) is 4.08. The molecule has 0 aromatic heterocycles. The van der Waals surface area contributed by atoms with Crippen LogP contribution in [-0.4, -0.2) is 45.8 Å². The molecule has 4 rings (SSSR count). The summed E-state index contributed by atoms with van der Waals surface area (Å²) in [6.45, 7) is 4.06. The van der Waals surface area contributed by atoms with Crippen LogP contribution in [0.3, 0.4) is 0 Å². The quantitative estimate of drug-likeness (QED) is 0.197. The summed E-state index contributed by atoms with van der Waals surface area (Å²) >= 11 is 0. The molecule has 9 heteroatoms. The summed E-state index contributed by atoms with van der Waals surface area (Å²) in [5, 5.41) is 3.49. The van der Waals surface area contributed by atoms with Gasteiger partial charge >= 0.3 is 11.9 Å². The number of esters is 2. The van der Waals surface area contributed by atoms with E-state index in [-0.39, 0.29) is 16.8 Å². The maximum atomic E-state index is 11.8. The third kappa shape index (κ3) is 7.18. The van der Waals surface area contributed by atoms with Crippen LogP contribution < -0.4 is 15.9 Å². The lowest BCUT2D eigenvalue weighted by molar-refractivity contribution is 0.0592. The molecule has 202 valence electrons. The molecule has 0 heterocycles. The van der Waals surface area contributed by atoms with E-state index in [0.29, 0.717) is 11.1 Å². The van der Waals surface area contributed by atoms with Crippen LogP contribution in [0.5, 0.6) is 0 Å². The first kappa shape index (κ1) is 29.7. The molecule has 0 aliphatic carbocycles. The van der Waals surface area contributed by atoms with Crippen LogP contribution in [0.2, 0.25) is 0 Å². The molecule has 0 fully saturated rings. The molecule has 0 aliphatic heterocycles. The molecule has 0 unspecified atom stereocenters. The Balaban J connectivity index is 0.000000320. The van der Waals surface area contributed by atoms with E-state index in [1.807, 2.05) is 49.4 Å². The van der Waals surface area contributed by atoms with Crippen LogP contribution in [0.25, 0.3) is 0 Å². The van der Waals surface area contributed by atoms with E-state index >= 15 is 0 Å². The summed E-state index contributed by atoms with van der Waals surface area (Å²) in [6, 6.07) is 31.2. The van der Waals surface area contributed by atoms with E-state index in [9.17, 15) is 22.6 Å². The van der Waals surface area contributed by atoms with Gasteiger partial charge in [0, 0.05) is 0 Å². The van der Waals surface area contributed by atoms with Gasteiger partial charge in [0.25, 0.3) is 0 Å². The van der Waals surface area contributed by atoms with Gasteiger partial charge < -0.3 is 14.0 Å². The highest BCUT2D eigenvalue weighted by atomic mass is 32.2. The molecule has 0 N–H and O–H groups in total. The van der Waals surface area contributed by atoms with Crippen LogP contribution in [-0.2, 0) is 19.6 Å². The zero-order chi connectivity index (χ0) is 28.6. The average molecular weight is 565 g/mol. The number of benzene rings is 4. The lowest BCUT2D eigenvalue weighted by atomic mass is 10.2. The Morgan fingerprint density at radius 3 is 1.38 bits per heavy atom. The van der Waals surface area contributed by atoms with Crippen molar-refractivity contribution in [3.8, 4) is 0 Å². The Morgan fingerprint density at radius 1 is 0.641 bits per heavy atom. The molecule has 0 aliphatic rings. The number of methoxy groups -OCH3 is 2. The van der Waals surface area contributed by atoms with Gasteiger partial charge in [0.15, 0.2) is 0 Å². The number of ether oxygens (including phenoxy) is 2. The molecule has 4 aromatic carbocycles. The summed E-state index contributed by atoms with van der Waals surface area (Å²) < 4.78 is 40.8. The van der Waals surface area contributed by atoms with E-state index in [4.69, 9.17) is 9.47 Å². The Morgan fingerprint density at radius 2 is 1.03 bits per heavy atom. The number of carbonyl (C=O) groups excluding carboxylic acids is 2. The zero-order valence-electron chi connectivity index (χ0n) is 22.0. The van der Waals surface area contributed by atoms with E-state index in [2.05, 4.69) is 18.8 Å². The van der Waals surface area contributed by atoms with Gasteiger partial charge in [-0.1, -0.05) is 35.9 Å². The van der Waals surface area contributed by atoms with Crippen molar-refractivity contribution in [2.45, 2.75) is 11.8 Å². The van der Waals surface area contributed by atoms with Crippen LogP contribution in [0.4, 0.5) is 0 Å². The molecule has 39 heavy (non-hydrogen) atoms. The van der Waals surface area contributed by atoms with Gasteiger partial charge in [-0.05, 0) is 79.7 Å². The van der Waals surface area contributed by atoms with Crippen molar-refractivity contribution in [1.29, 1.82) is 0 Å². The molecule has 7 nitrogen and oxygen atoms in total. The van der Waals surface area contributed by atoms with Gasteiger partial charge in [0.1, 0.15) is 33.3 Å². The van der Waals surface area contributed by atoms with Crippen molar-refractivity contribution < 1.29 is 32.0 Å². The van der Waals surface area contributed by atoms with E-state index in [1.54, 1.807) is 36.4 Å². The monoisotopic (exact) mass is 564 g/mol. The van der Waals surface area contributed by atoms with Crippen molar-refractivity contribution in [1.82, 2.24) is 0 Å². The molecule has 0 radical (unpaired) electrons. The van der Waals surface area contributed by atoms with Gasteiger partial charge in [0.05, 0.1) is 36.9 Å². The Hall–Kier alpha value is -3.84. The second-order valence-corrected chi connectivity index (χ2v) is 13.6. The summed E-state index contributed by atoms with van der Waals surface area (Å²) in [5.74, 6) is -0.706. The summed E-state index contributed by atoms with van der Waals surface area (Å²) in [5.41, 5.74) is 1.97. The van der Waals surface area contributed by atoms with Gasteiger partial charge in [-0.3, -0.25) is 0 Å². The Labute approximate surface area is 229 Å². The molecule has 0 saturated carbocycles. The molecule has 0 bridgehead atoms. The normalized spacial score (nSPS) is 11.1. The van der Waals surface area contributed by atoms with Gasteiger partial charge in [-0.2, -0.15) is 0 Å². The Kier molecular flexibility index (Phi) is 9.76. The minimum absolute atomic E-state index is 0.178. The van der Waals surface area contributed by atoms with Crippen molar-refractivity contribution in [3.63, 3.8) is 0 Å². The topological polar surface area (TPSA) is 110 Å². The van der Waals surface area contributed by atoms with Crippen LogP contribution >= 0.6 is 7.26 Å². The third-order valence-electron chi connectivity index (χ3n) is 6.19. The highest BCUT2D eigenvalue weighted by molar-refractivity contribution is 7.95. The highest BCUT2D eigenvalue weighted by Crippen LogP contribution is 2.51. The number of hydrogen-bond acceptors (Lipinski definition) is 7. The lowest BCUT2D eigenvalue weighted by Gasteiger charge is -2.23. The van der Waals surface area contributed by atoms with Crippen molar-refractivity contribution >= 4 is 45.2 Å². The minimum atomic E-state index is -4.27. The first-order chi connectivity index (χ1) is 18.5. The third-order valence-corrected chi connectivity index (χ3v) is 11.0. The second-order valence-electron chi connectivity index (χ2n) is 8.69. The number of rotatable bonds is 6. The predicted molar refractivity (Wildman–Crippen MR) is 153 cm³/mol. The molecule has 0 spiro atoms. The van der Waals surface area contributed by atoms with E-state index in [1.165, 1.54) is 31.7 Å². The van der Waals surface area contributed by atoms with Gasteiger partial charge in [0.2, 0.25) is 0 Å². The average Bonchev–Trinajstić information content (AvgIpc) is 2.96. The smallest absolute Gasteiger partial charge is 0.337 e. The van der Waals surface area contributed by atoms with Crippen LogP contribution in [0.15, 0.2) is 108 Å². The first-order valence-corrected chi connectivity index (χ1v) is 15.5. The van der Waals surface area contributed by atoms with Crippen molar-refractivity contribution in [2.24, 2.45) is 0 Å². The molecular formula is C30H29O7PS. The number of carbonyl (C=O) groups is 2. The second kappa shape index (κ2) is 12.8. The van der Waals surface area contributed by atoms with Gasteiger partial charge in [-0.15, -0.1) is 0 Å². The van der Waals surface area contributed by atoms with E-state index in [0.717, 1.165) is 16.2 Å². The fourth-order valence-corrected chi connectivity index (χ4v) is 7.53. The standard InChI is InChI=1S/C23H22O4P.C7H8O3S/c1-26-22(24)17-9-13-20(14-10-17)28(3,19-7-5-4-6-8-19)21-15-11-18(12-16-21)23(25)27-2;1-6-2-4-7(5-3-6)11(8,9)10/h4-16H,1-3H3;2-5H,1H3,(H,8,9,10)/q+1;/p-1. The molecule has 0 atom stereocenters. The first-order valence-electron chi connectivity index (χ1n) is 11.8. The fourth-order valence-electron chi connectivity index (χ4n) is 3.91. The van der Waals surface area contributed by atoms with E-state index < -0.39 is 17.4 Å². The minimum Gasteiger partial charge on any atom is -0.744 e. The fraction of sp³-hybridized carbons (Fsp3) is 0.133. The molecule has 0 amide bonds. The lowest BCUT2D eigenvalue weighted by Crippen LogP contribution is -2.30. The zero-order valence-corrected chi connectivity index (χ0v) is 23.7. The maximum Gasteiger partial charge on any atom is 0.337 e. The number of aryl methyl sites for hydroxylation is 1.